The van der Waals surface area contributed by atoms with E-state index >= 15 is 0 Å². The standard InChI is InChI=1S/C14H24ClN5O3S/c1-11-13(12(2)18(3)17-11)24(22,23)20-8-4-7-19(9-10-20)14(21)16-6-5-15/h4-10H2,1-3H3,(H,16,21). The summed E-state index contributed by atoms with van der Waals surface area (Å²) in [7, 11) is -1.89. The van der Waals surface area contributed by atoms with Gasteiger partial charge in [-0.05, 0) is 20.3 Å². The van der Waals surface area contributed by atoms with Crippen molar-refractivity contribution in [1.82, 2.24) is 24.3 Å². The van der Waals surface area contributed by atoms with Gasteiger partial charge in [0.2, 0.25) is 10.0 Å². The number of nitrogens with zero attached hydrogens (tertiary/aromatic N) is 4. The van der Waals surface area contributed by atoms with Crippen LogP contribution in [0.5, 0.6) is 0 Å². The lowest BCUT2D eigenvalue weighted by atomic mass is 10.4. The van der Waals surface area contributed by atoms with Crippen LogP contribution in [-0.4, -0.2) is 72.0 Å². The number of aromatic nitrogens is 2. The van der Waals surface area contributed by atoms with Crippen molar-refractivity contribution in [2.24, 2.45) is 7.05 Å². The van der Waals surface area contributed by atoms with Crippen LogP contribution in [0.25, 0.3) is 0 Å². The van der Waals surface area contributed by atoms with E-state index in [1.54, 1.807) is 30.5 Å². The molecule has 2 amide bonds. The lowest BCUT2D eigenvalue weighted by Gasteiger charge is -2.22. The van der Waals surface area contributed by atoms with Crippen molar-refractivity contribution in [3.8, 4) is 0 Å². The minimum Gasteiger partial charge on any atom is -0.337 e. The van der Waals surface area contributed by atoms with E-state index in [0.717, 1.165) is 0 Å². The molecule has 1 N–H and O–H groups in total. The van der Waals surface area contributed by atoms with Crippen molar-refractivity contribution in [2.45, 2.75) is 25.2 Å². The summed E-state index contributed by atoms with van der Waals surface area (Å²) in [6.07, 6.45) is 0.589. The first-order chi connectivity index (χ1) is 11.3. The van der Waals surface area contributed by atoms with Crippen LogP contribution in [0.15, 0.2) is 4.90 Å². The van der Waals surface area contributed by atoms with Gasteiger partial charge in [-0.1, -0.05) is 0 Å². The monoisotopic (exact) mass is 377 g/mol. The van der Waals surface area contributed by atoms with Gasteiger partial charge in [-0.2, -0.15) is 9.40 Å². The fourth-order valence-corrected chi connectivity index (χ4v) is 4.82. The molecule has 0 bridgehead atoms. The van der Waals surface area contributed by atoms with E-state index in [0.29, 0.717) is 49.9 Å². The Morgan fingerprint density at radius 1 is 1.25 bits per heavy atom. The number of urea groups is 1. The molecule has 2 heterocycles. The average molecular weight is 378 g/mol. The molecule has 1 fully saturated rings. The van der Waals surface area contributed by atoms with Gasteiger partial charge in [-0.3, -0.25) is 4.68 Å². The van der Waals surface area contributed by atoms with Gasteiger partial charge in [0, 0.05) is 45.7 Å². The van der Waals surface area contributed by atoms with Gasteiger partial charge in [0.05, 0.1) is 11.4 Å². The van der Waals surface area contributed by atoms with E-state index in [9.17, 15) is 13.2 Å². The second-order valence-electron chi connectivity index (χ2n) is 5.79. The Balaban J connectivity index is 2.14. The number of alkyl halides is 1. The second-order valence-corrected chi connectivity index (χ2v) is 8.04. The molecule has 10 heteroatoms. The summed E-state index contributed by atoms with van der Waals surface area (Å²) in [5.74, 6) is 0.347. The molecule has 1 aromatic heterocycles. The third-order valence-electron chi connectivity index (χ3n) is 4.15. The molecular formula is C14H24ClN5O3S. The highest BCUT2D eigenvalue weighted by Crippen LogP contribution is 2.24. The van der Waals surface area contributed by atoms with Crippen LogP contribution >= 0.6 is 11.6 Å². The number of nitrogens with one attached hydrogen (secondary N) is 1. The van der Waals surface area contributed by atoms with Crippen molar-refractivity contribution in [3.63, 3.8) is 0 Å². The first kappa shape index (κ1) is 19.0. The number of aryl methyl sites for hydroxylation is 2. The lowest BCUT2D eigenvalue weighted by molar-refractivity contribution is 0.201. The Hall–Kier alpha value is -1.32. The molecule has 0 aromatic carbocycles. The minimum atomic E-state index is -3.62. The predicted molar refractivity (Wildman–Crippen MR) is 91.7 cm³/mol. The zero-order chi connectivity index (χ0) is 17.9. The van der Waals surface area contributed by atoms with Crippen LogP contribution in [0.2, 0.25) is 0 Å². The molecule has 0 atom stereocenters. The number of amides is 2. The highest BCUT2D eigenvalue weighted by atomic mass is 35.5. The van der Waals surface area contributed by atoms with Gasteiger partial charge < -0.3 is 10.2 Å². The van der Waals surface area contributed by atoms with E-state index in [1.807, 2.05) is 0 Å². The molecule has 1 aromatic rings. The summed E-state index contributed by atoms with van der Waals surface area (Å²) >= 11 is 5.57. The number of sulfonamides is 1. The molecule has 0 saturated carbocycles. The summed E-state index contributed by atoms with van der Waals surface area (Å²) < 4.78 is 29.0. The lowest BCUT2D eigenvalue weighted by Crippen LogP contribution is -2.43. The Kier molecular flexibility index (Phi) is 6.11. The topological polar surface area (TPSA) is 87.5 Å². The molecule has 1 saturated heterocycles. The zero-order valence-corrected chi connectivity index (χ0v) is 15.8. The first-order valence-electron chi connectivity index (χ1n) is 7.88. The van der Waals surface area contributed by atoms with E-state index in [4.69, 9.17) is 11.6 Å². The third kappa shape index (κ3) is 3.84. The largest absolute Gasteiger partial charge is 0.337 e. The first-order valence-corrected chi connectivity index (χ1v) is 9.85. The zero-order valence-electron chi connectivity index (χ0n) is 14.2. The molecule has 2 rings (SSSR count). The Morgan fingerprint density at radius 2 is 1.96 bits per heavy atom. The van der Waals surface area contributed by atoms with Gasteiger partial charge in [0.15, 0.2) is 0 Å². The molecule has 8 nitrogen and oxygen atoms in total. The Bertz CT molecular complexity index is 704. The number of carbonyl (C=O) groups excluding carboxylic acids is 1. The average Bonchev–Trinajstić information content (AvgIpc) is 2.72. The molecule has 1 aliphatic rings. The second kappa shape index (κ2) is 7.71. The molecule has 1 aliphatic heterocycles. The number of hydrogen-bond acceptors (Lipinski definition) is 4. The van der Waals surface area contributed by atoms with E-state index < -0.39 is 10.0 Å². The van der Waals surface area contributed by atoms with Gasteiger partial charge >= 0.3 is 6.03 Å². The van der Waals surface area contributed by atoms with Crippen LogP contribution in [0.4, 0.5) is 4.79 Å². The number of hydrogen-bond donors (Lipinski definition) is 1. The van der Waals surface area contributed by atoms with Crippen molar-refractivity contribution in [3.05, 3.63) is 11.4 Å². The Labute approximate surface area is 147 Å². The number of halogens is 1. The molecule has 0 aliphatic carbocycles. The normalized spacial score (nSPS) is 16.9. The van der Waals surface area contributed by atoms with Crippen molar-refractivity contribution in [2.75, 3.05) is 38.6 Å². The quantitative estimate of drug-likeness (QED) is 0.782. The van der Waals surface area contributed by atoms with Crippen LogP contribution in [0.1, 0.15) is 17.8 Å². The molecular weight excluding hydrogens is 354 g/mol. The number of carbonyl (C=O) groups is 1. The summed E-state index contributed by atoms with van der Waals surface area (Å²) in [5.41, 5.74) is 1.12. The van der Waals surface area contributed by atoms with E-state index in [-0.39, 0.29) is 17.5 Å². The molecule has 136 valence electrons. The maximum absolute atomic E-state index is 13.0. The molecule has 0 spiro atoms. The summed E-state index contributed by atoms with van der Waals surface area (Å²) in [4.78, 5) is 13.9. The molecule has 0 unspecified atom stereocenters. The van der Waals surface area contributed by atoms with Crippen LogP contribution in [0.3, 0.4) is 0 Å². The Morgan fingerprint density at radius 3 is 2.54 bits per heavy atom. The van der Waals surface area contributed by atoms with Gasteiger partial charge in [-0.15, -0.1) is 11.6 Å². The van der Waals surface area contributed by atoms with Crippen molar-refractivity contribution < 1.29 is 13.2 Å². The minimum absolute atomic E-state index is 0.205. The highest BCUT2D eigenvalue weighted by molar-refractivity contribution is 7.89. The van der Waals surface area contributed by atoms with E-state index in [2.05, 4.69) is 10.4 Å². The predicted octanol–water partition coefficient (Wildman–Crippen LogP) is 0.682. The van der Waals surface area contributed by atoms with Crippen LogP contribution in [-0.2, 0) is 17.1 Å². The third-order valence-corrected chi connectivity index (χ3v) is 6.49. The fraction of sp³-hybridized carbons (Fsp3) is 0.714. The van der Waals surface area contributed by atoms with Crippen molar-refractivity contribution >= 4 is 27.7 Å². The van der Waals surface area contributed by atoms with Crippen molar-refractivity contribution in [1.29, 1.82) is 0 Å². The SMILES string of the molecule is Cc1nn(C)c(C)c1S(=O)(=O)N1CCCN(C(=O)NCCCl)CC1. The summed E-state index contributed by atoms with van der Waals surface area (Å²) in [5, 5.41) is 6.91. The fourth-order valence-electron chi connectivity index (χ4n) is 2.86. The van der Waals surface area contributed by atoms with Gasteiger partial charge in [0.25, 0.3) is 0 Å². The number of rotatable bonds is 4. The summed E-state index contributed by atoms with van der Waals surface area (Å²) in [6.45, 7) is 5.36. The van der Waals surface area contributed by atoms with E-state index in [1.165, 1.54) is 4.31 Å². The molecule has 24 heavy (non-hydrogen) atoms. The smallest absolute Gasteiger partial charge is 0.317 e. The summed E-state index contributed by atoms with van der Waals surface area (Å²) in [6, 6.07) is -0.205. The van der Waals surface area contributed by atoms with Crippen LogP contribution in [0, 0.1) is 13.8 Å². The maximum atomic E-state index is 13.0. The molecule has 0 radical (unpaired) electrons. The highest BCUT2D eigenvalue weighted by Gasteiger charge is 2.32. The van der Waals surface area contributed by atoms with Gasteiger partial charge in [-0.25, -0.2) is 13.2 Å². The maximum Gasteiger partial charge on any atom is 0.317 e. The van der Waals surface area contributed by atoms with Crippen LogP contribution < -0.4 is 5.32 Å². The van der Waals surface area contributed by atoms with Gasteiger partial charge in [0.1, 0.15) is 4.90 Å².